The van der Waals surface area contributed by atoms with Crippen LogP contribution in [0.2, 0.25) is 5.02 Å². The van der Waals surface area contributed by atoms with E-state index in [9.17, 15) is 9.18 Å². The first kappa shape index (κ1) is 20.6. The number of benzene rings is 3. The molecule has 3 aromatic rings. The second kappa shape index (κ2) is 9.02. The largest absolute Gasteiger partial charge is 0.497 e. The molecule has 0 radical (unpaired) electrons. The molecule has 1 aliphatic rings. The number of ether oxygens (including phenoxy) is 1. The third-order valence-corrected chi connectivity index (χ3v) is 5.91. The minimum absolute atomic E-state index is 0.0358. The molecule has 1 N–H and O–H groups in total. The molecule has 1 fully saturated rings. The number of rotatable bonds is 5. The second-order valence-electron chi connectivity index (χ2n) is 7.70. The van der Waals surface area contributed by atoms with E-state index in [0.29, 0.717) is 5.56 Å². The number of carbonyl (C=O) groups is 1. The monoisotopic (exact) mass is 426 g/mol. The molecular formula is C24H24ClFN2O2. The zero-order chi connectivity index (χ0) is 21.1. The lowest BCUT2D eigenvalue weighted by molar-refractivity contribution is 0.0909. The summed E-state index contributed by atoms with van der Waals surface area (Å²) in [6.07, 6.45) is 1.76. The highest BCUT2D eigenvalue weighted by atomic mass is 35.5. The van der Waals surface area contributed by atoms with Crippen molar-refractivity contribution in [2.24, 2.45) is 0 Å². The number of likely N-dealkylation sites (tertiary alicyclic amines) is 1. The Hall–Kier alpha value is -2.63. The first-order chi connectivity index (χ1) is 14.5. The molecule has 0 unspecified atom stereocenters. The molecule has 30 heavy (non-hydrogen) atoms. The number of piperidine rings is 1. The van der Waals surface area contributed by atoms with Crippen LogP contribution in [0.5, 0.6) is 5.75 Å². The highest BCUT2D eigenvalue weighted by Crippen LogP contribution is 2.23. The molecule has 1 amide bonds. The summed E-state index contributed by atoms with van der Waals surface area (Å²) in [6.45, 7) is 2.71. The van der Waals surface area contributed by atoms with Crippen LogP contribution in [-0.2, 0) is 6.54 Å². The van der Waals surface area contributed by atoms with Gasteiger partial charge in [0.05, 0.1) is 12.1 Å². The summed E-state index contributed by atoms with van der Waals surface area (Å²) < 4.78 is 18.6. The number of hydrogen-bond acceptors (Lipinski definition) is 3. The zero-order valence-corrected chi connectivity index (χ0v) is 17.6. The van der Waals surface area contributed by atoms with Gasteiger partial charge in [0.15, 0.2) is 0 Å². The summed E-state index contributed by atoms with van der Waals surface area (Å²) in [7, 11) is 1.68. The van der Waals surface area contributed by atoms with Gasteiger partial charge in [0.25, 0.3) is 5.91 Å². The maximum atomic E-state index is 13.3. The molecule has 0 aromatic heterocycles. The number of halogens is 2. The fourth-order valence-electron chi connectivity index (χ4n) is 3.90. The third-order valence-electron chi connectivity index (χ3n) is 5.62. The summed E-state index contributed by atoms with van der Waals surface area (Å²) in [5.41, 5.74) is 1.66. The van der Waals surface area contributed by atoms with Gasteiger partial charge in [0, 0.05) is 31.2 Å². The minimum atomic E-state index is -0.519. The maximum absolute atomic E-state index is 13.3. The number of amides is 1. The van der Waals surface area contributed by atoms with Gasteiger partial charge in [-0.05, 0) is 65.6 Å². The van der Waals surface area contributed by atoms with Crippen molar-refractivity contribution in [3.63, 3.8) is 0 Å². The zero-order valence-electron chi connectivity index (χ0n) is 16.8. The number of carbonyl (C=O) groups excluding carboxylic acids is 1. The van der Waals surface area contributed by atoms with Gasteiger partial charge < -0.3 is 10.1 Å². The van der Waals surface area contributed by atoms with E-state index in [-0.39, 0.29) is 17.0 Å². The fraction of sp³-hybridized carbons (Fsp3) is 0.292. The van der Waals surface area contributed by atoms with E-state index in [2.05, 4.69) is 34.5 Å². The van der Waals surface area contributed by atoms with E-state index < -0.39 is 5.82 Å². The van der Waals surface area contributed by atoms with Crippen molar-refractivity contribution in [3.8, 4) is 5.75 Å². The lowest BCUT2D eigenvalue weighted by atomic mass is 10.0. The van der Waals surface area contributed by atoms with Crippen LogP contribution in [0.1, 0.15) is 28.8 Å². The van der Waals surface area contributed by atoms with Crippen LogP contribution in [-0.4, -0.2) is 37.0 Å². The Balaban J connectivity index is 1.31. The summed E-state index contributed by atoms with van der Waals surface area (Å²) in [5.74, 6) is 0.136. The van der Waals surface area contributed by atoms with Gasteiger partial charge in [-0.3, -0.25) is 9.69 Å². The van der Waals surface area contributed by atoms with Crippen LogP contribution >= 0.6 is 11.6 Å². The lowest BCUT2D eigenvalue weighted by Crippen LogP contribution is -2.44. The predicted octanol–water partition coefficient (Wildman–Crippen LogP) is 5.04. The number of hydrogen-bond donors (Lipinski definition) is 1. The van der Waals surface area contributed by atoms with Gasteiger partial charge in [-0.15, -0.1) is 0 Å². The van der Waals surface area contributed by atoms with E-state index in [1.165, 1.54) is 34.5 Å². The molecule has 1 heterocycles. The first-order valence-electron chi connectivity index (χ1n) is 10.1. The molecule has 6 heteroatoms. The van der Waals surface area contributed by atoms with Crippen LogP contribution in [0.4, 0.5) is 4.39 Å². The second-order valence-corrected chi connectivity index (χ2v) is 8.11. The number of methoxy groups -OCH3 is 1. The molecule has 0 atom stereocenters. The van der Waals surface area contributed by atoms with Gasteiger partial charge >= 0.3 is 0 Å². The predicted molar refractivity (Wildman–Crippen MR) is 118 cm³/mol. The SMILES string of the molecule is COc1ccc2cc(CN3CCC(NC(=O)c4ccc(F)c(Cl)c4)CC3)ccc2c1. The molecule has 0 spiro atoms. The molecule has 1 aliphatic heterocycles. The van der Waals surface area contributed by atoms with Gasteiger partial charge in [0.1, 0.15) is 11.6 Å². The Bertz CT molecular complexity index is 1060. The van der Waals surface area contributed by atoms with Crippen molar-refractivity contribution in [1.29, 1.82) is 0 Å². The average molecular weight is 427 g/mol. The fourth-order valence-corrected chi connectivity index (χ4v) is 4.08. The summed E-state index contributed by atoms with van der Waals surface area (Å²) in [6, 6.07) is 16.8. The highest BCUT2D eigenvalue weighted by Gasteiger charge is 2.21. The van der Waals surface area contributed by atoms with Gasteiger partial charge in [-0.25, -0.2) is 4.39 Å². The number of fused-ring (bicyclic) bond motifs is 1. The Morgan fingerprint density at radius 3 is 2.57 bits per heavy atom. The first-order valence-corrected chi connectivity index (χ1v) is 10.4. The van der Waals surface area contributed by atoms with Crippen molar-refractivity contribution in [3.05, 3.63) is 76.6 Å². The molecule has 1 saturated heterocycles. The lowest BCUT2D eigenvalue weighted by Gasteiger charge is -2.32. The molecule has 3 aromatic carbocycles. The maximum Gasteiger partial charge on any atom is 0.251 e. The van der Waals surface area contributed by atoms with Crippen molar-refractivity contribution >= 4 is 28.3 Å². The summed E-state index contributed by atoms with van der Waals surface area (Å²) in [4.78, 5) is 14.8. The molecule has 0 aliphatic carbocycles. The summed E-state index contributed by atoms with van der Waals surface area (Å²) >= 11 is 5.78. The van der Waals surface area contributed by atoms with E-state index >= 15 is 0 Å². The number of nitrogens with one attached hydrogen (secondary N) is 1. The number of nitrogens with zero attached hydrogens (tertiary/aromatic N) is 1. The van der Waals surface area contributed by atoms with E-state index in [1.807, 2.05) is 12.1 Å². The molecule has 4 rings (SSSR count). The van der Waals surface area contributed by atoms with Crippen LogP contribution in [0, 0.1) is 5.82 Å². The molecule has 156 valence electrons. The van der Waals surface area contributed by atoms with Crippen molar-refractivity contribution < 1.29 is 13.9 Å². The molecule has 0 bridgehead atoms. The van der Waals surface area contributed by atoms with E-state index in [0.717, 1.165) is 38.2 Å². The topological polar surface area (TPSA) is 41.6 Å². The van der Waals surface area contributed by atoms with Gasteiger partial charge in [0.2, 0.25) is 0 Å². The van der Waals surface area contributed by atoms with Crippen LogP contribution in [0.25, 0.3) is 10.8 Å². The third kappa shape index (κ3) is 4.74. The Labute approximate surface area is 180 Å². The van der Waals surface area contributed by atoms with Crippen LogP contribution in [0.15, 0.2) is 54.6 Å². The average Bonchev–Trinajstić information content (AvgIpc) is 2.76. The van der Waals surface area contributed by atoms with Crippen molar-refractivity contribution in [1.82, 2.24) is 10.2 Å². The molecule has 4 nitrogen and oxygen atoms in total. The Kier molecular flexibility index (Phi) is 6.21. The molecular weight excluding hydrogens is 403 g/mol. The van der Waals surface area contributed by atoms with Gasteiger partial charge in [-0.2, -0.15) is 0 Å². The molecule has 0 saturated carbocycles. The van der Waals surface area contributed by atoms with Crippen molar-refractivity contribution in [2.45, 2.75) is 25.4 Å². The van der Waals surface area contributed by atoms with Crippen LogP contribution in [0.3, 0.4) is 0 Å². The Morgan fingerprint density at radius 2 is 1.83 bits per heavy atom. The summed E-state index contributed by atoms with van der Waals surface area (Å²) in [5, 5.41) is 5.38. The quantitative estimate of drug-likeness (QED) is 0.621. The minimum Gasteiger partial charge on any atom is -0.497 e. The van der Waals surface area contributed by atoms with Crippen molar-refractivity contribution in [2.75, 3.05) is 20.2 Å². The standard InChI is InChI=1S/C24H24ClFN2O2/c1-30-21-6-4-17-12-16(2-3-18(17)13-21)15-28-10-8-20(9-11-28)27-24(29)19-5-7-23(26)22(25)14-19/h2-7,12-14,20H,8-11,15H2,1H3,(H,27,29). The normalized spacial score (nSPS) is 15.3. The van der Waals surface area contributed by atoms with Gasteiger partial charge in [-0.1, -0.05) is 29.8 Å². The highest BCUT2D eigenvalue weighted by molar-refractivity contribution is 6.31. The van der Waals surface area contributed by atoms with E-state index in [4.69, 9.17) is 16.3 Å². The Morgan fingerprint density at radius 1 is 1.10 bits per heavy atom. The van der Waals surface area contributed by atoms with E-state index in [1.54, 1.807) is 7.11 Å². The van der Waals surface area contributed by atoms with Crippen LogP contribution < -0.4 is 10.1 Å². The smallest absolute Gasteiger partial charge is 0.251 e.